The van der Waals surface area contributed by atoms with Crippen molar-refractivity contribution in [1.29, 1.82) is 0 Å². The molecular weight excluding hydrogens is 180 g/mol. The highest BCUT2D eigenvalue weighted by Crippen LogP contribution is 2.38. The van der Waals surface area contributed by atoms with E-state index in [9.17, 15) is 0 Å². The number of hydrogen-bond donors (Lipinski definition) is 0. The highest BCUT2D eigenvalue weighted by atomic mass is 14.3. The summed E-state index contributed by atoms with van der Waals surface area (Å²) < 4.78 is 0. The van der Waals surface area contributed by atoms with Gasteiger partial charge in [-0.25, -0.2) is 0 Å². The fourth-order valence-electron chi connectivity index (χ4n) is 2.25. The van der Waals surface area contributed by atoms with Gasteiger partial charge in [-0.05, 0) is 30.7 Å². The van der Waals surface area contributed by atoms with Crippen LogP contribution >= 0.6 is 0 Å². The molecule has 15 heavy (non-hydrogen) atoms. The van der Waals surface area contributed by atoms with Crippen molar-refractivity contribution in [3.63, 3.8) is 0 Å². The van der Waals surface area contributed by atoms with Gasteiger partial charge in [0.05, 0.1) is 0 Å². The lowest BCUT2D eigenvalue weighted by Crippen LogP contribution is -2.15. The first-order valence-corrected chi connectivity index (χ1v) is 6.15. The zero-order valence-corrected chi connectivity index (χ0v) is 9.58. The lowest BCUT2D eigenvalue weighted by molar-refractivity contribution is 0.405. The van der Waals surface area contributed by atoms with Crippen LogP contribution in [0.25, 0.3) is 6.08 Å². The maximum Gasteiger partial charge on any atom is -0.0197 e. The van der Waals surface area contributed by atoms with Gasteiger partial charge in [0, 0.05) is 0 Å². The molecule has 0 heteroatoms. The second kappa shape index (κ2) is 5.16. The molecule has 1 atom stereocenters. The van der Waals surface area contributed by atoms with Crippen LogP contribution in [0.3, 0.4) is 0 Å². The average Bonchev–Trinajstić information content (AvgIpc) is 2.26. The zero-order chi connectivity index (χ0) is 10.5. The molecule has 0 radical (unpaired) electrons. The molecule has 0 N–H and O–H groups in total. The van der Waals surface area contributed by atoms with E-state index in [4.69, 9.17) is 0 Å². The molecule has 1 fully saturated rings. The molecule has 0 heterocycles. The van der Waals surface area contributed by atoms with Crippen molar-refractivity contribution < 1.29 is 0 Å². The second-order valence-electron chi connectivity index (χ2n) is 4.51. The summed E-state index contributed by atoms with van der Waals surface area (Å²) in [5.74, 6) is 0.894. The quantitative estimate of drug-likeness (QED) is 0.662. The summed E-state index contributed by atoms with van der Waals surface area (Å²) in [4.78, 5) is 0. The molecule has 2 rings (SSSR count). The highest BCUT2D eigenvalue weighted by Gasteiger charge is 2.22. The Balaban J connectivity index is 1.96. The zero-order valence-electron chi connectivity index (χ0n) is 9.58. The Hall–Kier alpha value is -1.04. The SMILES string of the molecule is CCCCC1CC/C1=C/c1ccccc1. The van der Waals surface area contributed by atoms with Gasteiger partial charge >= 0.3 is 0 Å². The van der Waals surface area contributed by atoms with Gasteiger partial charge in [0.1, 0.15) is 0 Å². The van der Waals surface area contributed by atoms with Crippen LogP contribution < -0.4 is 0 Å². The summed E-state index contributed by atoms with van der Waals surface area (Å²) >= 11 is 0. The lowest BCUT2D eigenvalue weighted by Gasteiger charge is -2.30. The summed E-state index contributed by atoms with van der Waals surface area (Å²) in [5.41, 5.74) is 3.04. The van der Waals surface area contributed by atoms with E-state index in [-0.39, 0.29) is 0 Å². The van der Waals surface area contributed by atoms with E-state index in [1.807, 2.05) is 0 Å². The van der Waals surface area contributed by atoms with Crippen molar-refractivity contribution in [2.45, 2.75) is 39.0 Å². The van der Waals surface area contributed by atoms with Crippen LogP contribution in [-0.2, 0) is 0 Å². The van der Waals surface area contributed by atoms with Crippen molar-refractivity contribution in [1.82, 2.24) is 0 Å². The van der Waals surface area contributed by atoms with E-state index < -0.39 is 0 Å². The second-order valence-corrected chi connectivity index (χ2v) is 4.51. The van der Waals surface area contributed by atoms with Gasteiger partial charge in [-0.1, -0.05) is 61.7 Å². The van der Waals surface area contributed by atoms with E-state index in [0.29, 0.717) is 0 Å². The normalized spacial score (nSPS) is 22.7. The molecule has 80 valence electrons. The fraction of sp³-hybridized carbons (Fsp3) is 0.467. The fourth-order valence-corrected chi connectivity index (χ4v) is 2.25. The smallest absolute Gasteiger partial charge is 0.0197 e. The molecule has 1 aliphatic rings. The predicted octanol–water partition coefficient (Wildman–Crippen LogP) is 4.67. The molecule has 1 aromatic carbocycles. The average molecular weight is 200 g/mol. The molecule has 0 amide bonds. The molecule has 0 aromatic heterocycles. The molecule has 0 bridgehead atoms. The topological polar surface area (TPSA) is 0 Å². The first-order chi connectivity index (χ1) is 7.40. The van der Waals surface area contributed by atoms with E-state index in [2.05, 4.69) is 43.3 Å². The monoisotopic (exact) mass is 200 g/mol. The third-order valence-corrected chi connectivity index (χ3v) is 3.36. The van der Waals surface area contributed by atoms with E-state index in [0.717, 1.165) is 5.92 Å². The van der Waals surface area contributed by atoms with Gasteiger partial charge in [0.25, 0.3) is 0 Å². The predicted molar refractivity (Wildman–Crippen MR) is 66.7 cm³/mol. The number of unbranched alkanes of at least 4 members (excludes halogenated alkanes) is 1. The number of rotatable bonds is 4. The lowest BCUT2D eigenvalue weighted by atomic mass is 9.75. The van der Waals surface area contributed by atoms with Crippen molar-refractivity contribution in [2.24, 2.45) is 5.92 Å². The molecule has 0 aliphatic heterocycles. The minimum Gasteiger partial charge on any atom is -0.0665 e. The van der Waals surface area contributed by atoms with Gasteiger partial charge in [0.15, 0.2) is 0 Å². The van der Waals surface area contributed by atoms with Crippen LogP contribution in [0.5, 0.6) is 0 Å². The Morgan fingerprint density at radius 1 is 1.27 bits per heavy atom. The maximum atomic E-state index is 2.39. The molecule has 1 saturated carbocycles. The summed E-state index contributed by atoms with van der Waals surface area (Å²) in [6.45, 7) is 2.28. The minimum atomic E-state index is 0.894. The molecule has 1 unspecified atom stereocenters. The van der Waals surface area contributed by atoms with Crippen molar-refractivity contribution in [3.05, 3.63) is 41.5 Å². The Kier molecular flexibility index (Phi) is 3.60. The summed E-state index contributed by atoms with van der Waals surface area (Å²) in [6, 6.07) is 10.7. The van der Waals surface area contributed by atoms with Gasteiger partial charge in [-0.15, -0.1) is 0 Å². The molecule has 0 spiro atoms. The van der Waals surface area contributed by atoms with E-state index >= 15 is 0 Å². The molecule has 1 aromatic rings. The van der Waals surface area contributed by atoms with Crippen molar-refractivity contribution >= 4 is 6.08 Å². The van der Waals surface area contributed by atoms with Crippen LogP contribution in [0.15, 0.2) is 35.9 Å². The van der Waals surface area contributed by atoms with E-state index in [1.54, 1.807) is 5.57 Å². The Morgan fingerprint density at radius 3 is 2.67 bits per heavy atom. The summed E-state index contributed by atoms with van der Waals surface area (Å²) in [7, 11) is 0. The number of hydrogen-bond acceptors (Lipinski definition) is 0. The first kappa shape index (κ1) is 10.5. The molecule has 1 aliphatic carbocycles. The third-order valence-electron chi connectivity index (χ3n) is 3.36. The minimum absolute atomic E-state index is 0.894. The number of benzene rings is 1. The maximum absolute atomic E-state index is 2.39. The summed E-state index contributed by atoms with van der Waals surface area (Å²) in [5, 5.41) is 0. The van der Waals surface area contributed by atoms with Crippen LogP contribution in [0.2, 0.25) is 0 Å². The Labute approximate surface area is 93.0 Å². The molecule has 0 saturated heterocycles. The van der Waals surface area contributed by atoms with Crippen LogP contribution in [0.1, 0.15) is 44.6 Å². The van der Waals surface area contributed by atoms with Crippen molar-refractivity contribution in [3.8, 4) is 0 Å². The van der Waals surface area contributed by atoms with Crippen LogP contribution in [0.4, 0.5) is 0 Å². The summed E-state index contributed by atoms with van der Waals surface area (Å²) in [6.07, 6.45) is 9.24. The van der Waals surface area contributed by atoms with Crippen LogP contribution in [0, 0.1) is 5.92 Å². The highest BCUT2D eigenvalue weighted by molar-refractivity contribution is 5.54. The largest absolute Gasteiger partial charge is 0.0665 e. The van der Waals surface area contributed by atoms with Crippen LogP contribution in [-0.4, -0.2) is 0 Å². The molecule has 0 nitrogen and oxygen atoms in total. The third kappa shape index (κ3) is 2.71. The first-order valence-electron chi connectivity index (χ1n) is 6.15. The van der Waals surface area contributed by atoms with Gasteiger partial charge in [-0.3, -0.25) is 0 Å². The number of allylic oxidation sites excluding steroid dienone is 1. The standard InChI is InChI=1S/C15H20/c1-2-3-9-14-10-11-15(14)12-13-7-5-4-6-8-13/h4-8,12,14H,2-3,9-11H2,1H3/b15-12-. The Morgan fingerprint density at radius 2 is 2.07 bits per heavy atom. The van der Waals surface area contributed by atoms with Gasteiger partial charge in [0.2, 0.25) is 0 Å². The van der Waals surface area contributed by atoms with Crippen molar-refractivity contribution in [2.75, 3.05) is 0 Å². The van der Waals surface area contributed by atoms with E-state index in [1.165, 1.54) is 37.7 Å². The molecular formula is C15H20. The van der Waals surface area contributed by atoms with Gasteiger partial charge < -0.3 is 0 Å². The van der Waals surface area contributed by atoms with Gasteiger partial charge in [-0.2, -0.15) is 0 Å². The Bertz CT molecular complexity index is 321.